The molecule has 66 valence electrons. The van der Waals surface area contributed by atoms with Crippen LogP contribution in [0.5, 0.6) is 0 Å². The average molecular weight is 183 g/mol. The van der Waals surface area contributed by atoms with E-state index >= 15 is 0 Å². The number of rotatable bonds is 1. The zero-order valence-corrected chi connectivity index (χ0v) is 8.02. The van der Waals surface area contributed by atoms with Crippen LogP contribution >= 0.6 is 11.5 Å². The molecule has 1 aliphatic heterocycles. The van der Waals surface area contributed by atoms with Crippen molar-refractivity contribution in [3.8, 4) is 0 Å². The van der Waals surface area contributed by atoms with Gasteiger partial charge in [-0.2, -0.15) is 0 Å². The van der Waals surface area contributed by atoms with Crippen LogP contribution in [0.15, 0.2) is 0 Å². The maximum atomic E-state index is 4.18. The number of aryl methyl sites for hydroxylation is 1. The molecule has 4 heteroatoms. The van der Waals surface area contributed by atoms with Gasteiger partial charge in [-0.25, -0.2) is 0 Å². The Hall–Kier alpha value is -0.480. The quantitative estimate of drug-likeness (QED) is 0.713. The van der Waals surface area contributed by atoms with Crippen molar-refractivity contribution >= 4 is 11.5 Å². The van der Waals surface area contributed by atoms with Crippen LogP contribution in [-0.4, -0.2) is 22.7 Å². The van der Waals surface area contributed by atoms with Crippen molar-refractivity contribution in [2.75, 3.05) is 13.1 Å². The number of hydrogen-bond acceptors (Lipinski definition) is 4. The molecule has 0 aliphatic carbocycles. The Morgan fingerprint density at radius 3 is 2.75 bits per heavy atom. The van der Waals surface area contributed by atoms with E-state index in [1.54, 1.807) is 0 Å². The minimum atomic E-state index is 0.657. The van der Waals surface area contributed by atoms with Crippen LogP contribution in [-0.2, 0) is 0 Å². The first-order valence-corrected chi connectivity index (χ1v) is 5.15. The summed E-state index contributed by atoms with van der Waals surface area (Å²) in [5.74, 6) is 0.657. The zero-order valence-electron chi connectivity index (χ0n) is 7.21. The third kappa shape index (κ3) is 1.49. The number of nitrogens with zero attached hydrogens (tertiary/aromatic N) is 2. The van der Waals surface area contributed by atoms with Gasteiger partial charge in [-0.3, -0.25) is 0 Å². The minimum Gasteiger partial charge on any atom is -0.317 e. The fourth-order valence-corrected chi connectivity index (χ4v) is 2.26. The smallest absolute Gasteiger partial charge is 0.0816 e. The highest BCUT2D eigenvalue weighted by atomic mass is 32.1. The van der Waals surface area contributed by atoms with Crippen LogP contribution < -0.4 is 5.32 Å². The van der Waals surface area contributed by atoms with E-state index in [0.717, 1.165) is 13.1 Å². The summed E-state index contributed by atoms with van der Waals surface area (Å²) in [4.78, 5) is 1.29. The molecule has 0 spiro atoms. The fourth-order valence-electron chi connectivity index (χ4n) is 1.71. The Morgan fingerprint density at radius 1 is 1.42 bits per heavy atom. The molecule has 2 rings (SSSR count). The van der Waals surface area contributed by atoms with Crippen molar-refractivity contribution in [1.29, 1.82) is 0 Å². The maximum Gasteiger partial charge on any atom is 0.0816 e. The second-order valence-corrected chi connectivity index (χ2v) is 4.20. The van der Waals surface area contributed by atoms with Gasteiger partial charge in [0.1, 0.15) is 0 Å². The highest BCUT2D eigenvalue weighted by Gasteiger charge is 2.19. The second kappa shape index (κ2) is 3.49. The summed E-state index contributed by atoms with van der Waals surface area (Å²) in [5.41, 5.74) is 1.24. The van der Waals surface area contributed by atoms with Crippen molar-refractivity contribution in [3.05, 3.63) is 10.6 Å². The van der Waals surface area contributed by atoms with E-state index in [9.17, 15) is 0 Å². The Bertz CT molecular complexity index is 253. The lowest BCUT2D eigenvalue weighted by molar-refractivity contribution is 0.451. The van der Waals surface area contributed by atoms with E-state index in [1.165, 1.54) is 34.9 Å². The fraction of sp³-hybridized carbons (Fsp3) is 0.750. The molecule has 1 N–H and O–H groups in total. The number of piperidine rings is 1. The molecule has 1 aromatic rings. The molecule has 0 atom stereocenters. The second-order valence-electron chi connectivity index (χ2n) is 3.24. The van der Waals surface area contributed by atoms with Gasteiger partial charge in [0.15, 0.2) is 0 Å². The van der Waals surface area contributed by atoms with Crippen molar-refractivity contribution in [1.82, 2.24) is 14.9 Å². The van der Waals surface area contributed by atoms with Crippen LogP contribution in [0.1, 0.15) is 29.3 Å². The van der Waals surface area contributed by atoms with E-state index in [1.807, 2.05) is 0 Å². The molecule has 1 saturated heterocycles. The highest BCUT2D eigenvalue weighted by molar-refractivity contribution is 7.05. The number of nitrogens with one attached hydrogen (secondary N) is 1. The minimum absolute atomic E-state index is 0.657. The average Bonchev–Trinajstić information content (AvgIpc) is 2.53. The Kier molecular flexibility index (Phi) is 2.37. The molecule has 1 aromatic heterocycles. The summed E-state index contributed by atoms with van der Waals surface area (Å²) in [6, 6.07) is 0. The molecule has 0 aromatic carbocycles. The van der Waals surface area contributed by atoms with E-state index < -0.39 is 0 Å². The van der Waals surface area contributed by atoms with Crippen molar-refractivity contribution in [3.63, 3.8) is 0 Å². The predicted molar refractivity (Wildman–Crippen MR) is 49.5 cm³/mol. The monoisotopic (exact) mass is 183 g/mol. The Morgan fingerprint density at radius 2 is 2.17 bits per heavy atom. The number of aromatic nitrogens is 2. The molecule has 0 unspecified atom stereocenters. The first-order valence-electron chi connectivity index (χ1n) is 4.37. The van der Waals surface area contributed by atoms with E-state index in [0.29, 0.717) is 5.92 Å². The third-order valence-corrected chi connectivity index (χ3v) is 3.06. The van der Waals surface area contributed by atoms with Gasteiger partial charge in [0.25, 0.3) is 0 Å². The van der Waals surface area contributed by atoms with Crippen molar-refractivity contribution < 1.29 is 0 Å². The summed E-state index contributed by atoms with van der Waals surface area (Å²) >= 11 is 1.52. The van der Waals surface area contributed by atoms with E-state index in [-0.39, 0.29) is 0 Å². The van der Waals surface area contributed by atoms with Gasteiger partial charge in [-0.1, -0.05) is 4.49 Å². The van der Waals surface area contributed by atoms with Gasteiger partial charge in [-0.05, 0) is 44.4 Å². The summed E-state index contributed by atoms with van der Waals surface area (Å²) < 4.78 is 3.97. The van der Waals surface area contributed by atoms with Gasteiger partial charge in [0, 0.05) is 10.8 Å². The van der Waals surface area contributed by atoms with E-state index in [2.05, 4.69) is 21.8 Å². The molecule has 0 radical (unpaired) electrons. The van der Waals surface area contributed by atoms with Crippen LogP contribution in [0.2, 0.25) is 0 Å². The van der Waals surface area contributed by atoms with E-state index in [4.69, 9.17) is 0 Å². The lowest BCUT2D eigenvalue weighted by atomic mass is 9.94. The molecule has 1 fully saturated rings. The highest BCUT2D eigenvalue weighted by Crippen LogP contribution is 2.26. The SMILES string of the molecule is Cc1snnc1C1CCNCC1. The molecule has 2 heterocycles. The molecule has 0 saturated carbocycles. The van der Waals surface area contributed by atoms with Gasteiger partial charge >= 0.3 is 0 Å². The maximum absolute atomic E-state index is 4.18. The van der Waals surface area contributed by atoms with Gasteiger partial charge in [-0.15, -0.1) is 5.10 Å². The summed E-state index contributed by atoms with van der Waals surface area (Å²) in [5, 5.41) is 7.53. The molecular weight excluding hydrogens is 170 g/mol. The molecule has 12 heavy (non-hydrogen) atoms. The topological polar surface area (TPSA) is 37.8 Å². The Balaban J connectivity index is 2.13. The summed E-state index contributed by atoms with van der Waals surface area (Å²) in [6.45, 7) is 4.37. The van der Waals surface area contributed by atoms with Gasteiger partial charge < -0.3 is 5.32 Å². The Labute approximate surface area is 76.4 Å². The van der Waals surface area contributed by atoms with Crippen LogP contribution in [0.4, 0.5) is 0 Å². The molecular formula is C8H13N3S. The van der Waals surface area contributed by atoms with Crippen molar-refractivity contribution in [2.45, 2.75) is 25.7 Å². The van der Waals surface area contributed by atoms with Crippen LogP contribution in [0.3, 0.4) is 0 Å². The standard InChI is InChI=1S/C8H13N3S/c1-6-8(10-11-12-6)7-2-4-9-5-3-7/h7,9H,2-5H2,1H3. The van der Waals surface area contributed by atoms with Gasteiger partial charge in [0.2, 0.25) is 0 Å². The summed E-state index contributed by atoms with van der Waals surface area (Å²) in [7, 11) is 0. The molecule has 0 amide bonds. The van der Waals surface area contributed by atoms with Crippen molar-refractivity contribution in [2.24, 2.45) is 0 Å². The van der Waals surface area contributed by atoms with Gasteiger partial charge in [0.05, 0.1) is 5.69 Å². The third-order valence-electron chi connectivity index (χ3n) is 2.41. The largest absolute Gasteiger partial charge is 0.317 e. The first-order chi connectivity index (χ1) is 5.88. The van der Waals surface area contributed by atoms with Crippen LogP contribution in [0.25, 0.3) is 0 Å². The predicted octanol–water partition coefficient (Wildman–Crippen LogP) is 1.31. The normalized spacial score (nSPS) is 19.8. The molecule has 0 bridgehead atoms. The molecule has 1 aliphatic rings. The first kappa shape index (κ1) is 8.13. The number of hydrogen-bond donors (Lipinski definition) is 1. The molecule has 3 nitrogen and oxygen atoms in total. The lowest BCUT2D eigenvalue weighted by Gasteiger charge is -2.20. The lowest BCUT2D eigenvalue weighted by Crippen LogP contribution is -2.27. The summed E-state index contributed by atoms with van der Waals surface area (Å²) in [6.07, 6.45) is 2.43. The zero-order chi connectivity index (χ0) is 8.39. The van der Waals surface area contributed by atoms with Crippen LogP contribution in [0, 0.1) is 6.92 Å².